The Balaban J connectivity index is 2.30. The summed E-state index contributed by atoms with van der Waals surface area (Å²) in [6.45, 7) is 6.81. The first-order valence-corrected chi connectivity index (χ1v) is 8.91. The molecule has 0 amide bonds. The normalized spacial score (nSPS) is 16.0. The lowest BCUT2D eigenvalue weighted by atomic mass is 10.1. The minimum Gasteiger partial charge on any atom is -0.383 e. The zero-order chi connectivity index (χ0) is 15.2. The largest absolute Gasteiger partial charge is 0.383 e. The van der Waals surface area contributed by atoms with Gasteiger partial charge in [-0.25, -0.2) is 0 Å². The third-order valence-electron chi connectivity index (χ3n) is 4.25. The Morgan fingerprint density at radius 3 is 2.76 bits per heavy atom. The second-order valence-electron chi connectivity index (χ2n) is 5.66. The highest BCUT2D eigenvalue weighted by Gasteiger charge is 2.32. The summed E-state index contributed by atoms with van der Waals surface area (Å²) in [6.07, 6.45) is 2.71. The summed E-state index contributed by atoms with van der Waals surface area (Å²) in [5.41, 5.74) is 8.65. The van der Waals surface area contributed by atoms with Crippen molar-refractivity contribution in [1.29, 1.82) is 0 Å². The van der Waals surface area contributed by atoms with E-state index in [-0.39, 0.29) is 0 Å². The van der Waals surface area contributed by atoms with Crippen LogP contribution in [0.3, 0.4) is 0 Å². The van der Waals surface area contributed by atoms with Gasteiger partial charge in [-0.15, -0.1) is 11.8 Å². The first-order chi connectivity index (χ1) is 10.2. The maximum atomic E-state index is 6.07. The molecule has 2 rings (SSSR count). The maximum Gasteiger partial charge on any atom is 0.0637 e. The average molecular weight is 308 g/mol. The van der Waals surface area contributed by atoms with Gasteiger partial charge in [0.2, 0.25) is 0 Å². The smallest absolute Gasteiger partial charge is 0.0637 e. The van der Waals surface area contributed by atoms with Gasteiger partial charge in [0.05, 0.1) is 6.61 Å². The van der Waals surface area contributed by atoms with Crippen molar-refractivity contribution in [3.05, 3.63) is 23.8 Å². The van der Waals surface area contributed by atoms with Crippen LogP contribution in [0.15, 0.2) is 23.1 Å². The quantitative estimate of drug-likeness (QED) is 0.709. The van der Waals surface area contributed by atoms with E-state index in [1.54, 1.807) is 7.11 Å². The van der Waals surface area contributed by atoms with Crippen molar-refractivity contribution in [3.8, 4) is 0 Å². The van der Waals surface area contributed by atoms with Crippen LogP contribution in [-0.4, -0.2) is 32.1 Å². The lowest BCUT2D eigenvalue weighted by Gasteiger charge is -2.33. The standard InChI is InChI=1S/C17H28N2OS/c1-4-21-17-7-5-6-16(15(17)12-18)19(10-11-20-3)13(2)14-8-9-14/h5-7,13-14H,4,8-12,18H2,1-3H3. The summed E-state index contributed by atoms with van der Waals surface area (Å²) in [4.78, 5) is 3.83. The Labute approximate surface area is 133 Å². The van der Waals surface area contributed by atoms with Gasteiger partial charge in [0.15, 0.2) is 0 Å². The number of nitrogens with two attached hydrogens (primary N) is 1. The third-order valence-corrected chi connectivity index (χ3v) is 5.24. The van der Waals surface area contributed by atoms with Gasteiger partial charge in [-0.3, -0.25) is 0 Å². The molecule has 0 aliphatic heterocycles. The molecule has 1 aromatic carbocycles. The first-order valence-electron chi connectivity index (χ1n) is 7.93. The van der Waals surface area contributed by atoms with Crippen molar-refractivity contribution in [2.75, 3.05) is 30.9 Å². The molecule has 2 N–H and O–H groups in total. The number of methoxy groups -OCH3 is 1. The molecule has 0 spiro atoms. The van der Waals surface area contributed by atoms with Crippen LogP contribution in [0.1, 0.15) is 32.3 Å². The van der Waals surface area contributed by atoms with E-state index >= 15 is 0 Å². The lowest BCUT2D eigenvalue weighted by Crippen LogP contribution is -2.38. The number of nitrogens with zero attached hydrogens (tertiary/aromatic N) is 1. The van der Waals surface area contributed by atoms with Crippen molar-refractivity contribution in [1.82, 2.24) is 0 Å². The Kier molecular flexibility index (Phi) is 6.40. The molecular weight excluding hydrogens is 280 g/mol. The molecular formula is C17H28N2OS. The van der Waals surface area contributed by atoms with Crippen LogP contribution in [-0.2, 0) is 11.3 Å². The summed E-state index contributed by atoms with van der Waals surface area (Å²) < 4.78 is 5.32. The number of thioether (sulfide) groups is 1. The molecule has 1 saturated carbocycles. The van der Waals surface area contributed by atoms with Gasteiger partial charge in [0.1, 0.15) is 0 Å². The molecule has 0 radical (unpaired) electrons. The second-order valence-corrected chi connectivity index (χ2v) is 6.96. The van der Waals surface area contributed by atoms with Crippen LogP contribution >= 0.6 is 11.8 Å². The van der Waals surface area contributed by atoms with Crippen LogP contribution in [0.5, 0.6) is 0 Å². The molecule has 1 aliphatic carbocycles. The van der Waals surface area contributed by atoms with Crippen molar-refractivity contribution in [2.45, 2.75) is 44.2 Å². The highest BCUT2D eigenvalue weighted by atomic mass is 32.2. The van der Waals surface area contributed by atoms with Crippen molar-refractivity contribution >= 4 is 17.4 Å². The van der Waals surface area contributed by atoms with Crippen molar-refractivity contribution in [3.63, 3.8) is 0 Å². The summed E-state index contributed by atoms with van der Waals surface area (Å²) in [5.74, 6) is 1.90. The predicted octanol–water partition coefficient (Wildman–Crippen LogP) is 3.51. The van der Waals surface area contributed by atoms with E-state index in [4.69, 9.17) is 10.5 Å². The second kappa shape index (κ2) is 8.06. The molecule has 1 atom stereocenters. The lowest BCUT2D eigenvalue weighted by molar-refractivity contribution is 0.202. The predicted molar refractivity (Wildman–Crippen MR) is 92.1 cm³/mol. The van der Waals surface area contributed by atoms with Gasteiger partial charge < -0.3 is 15.4 Å². The van der Waals surface area contributed by atoms with E-state index in [9.17, 15) is 0 Å². The minimum atomic E-state index is 0.562. The first kappa shape index (κ1) is 16.7. The topological polar surface area (TPSA) is 38.5 Å². The highest BCUT2D eigenvalue weighted by Crippen LogP contribution is 2.39. The van der Waals surface area contributed by atoms with Gasteiger partial charge in [-0.2, -0.15) is 0 Å². The van der Waals surface area contributed by atoms with Crippen LogP contribution in [0.2, 0.25) is 0 Å². The van der Waals surface area contributed by atoms with Gasteiger partial charge >= 0.3 is 0 Å². The van der Waals surface area contributed by atoms with Gasteiger partial charge in [-0.1, -0.05) is 13.0 Å². The number of rotatable bonds is 9. The number of hydrogen-bond donors (Lipinski definition) is 1. The Hall–Kier alpha value is -0.710. The van der Waals surface area contributed by atoms with Crippen molar-refractivity contribution in [2.24, 2.45) is 11.7 Å². The molecule has 3 nitrogen and oxygen atoms in total. The number of benzene rings is 1. The summed E-state index contributed by atoms with van der Waals surface area (Å²) in [5, 5.41) is 0. The SMILES string of the molecule is CCSc1cccc(N(CCOC)C(C)C2CC2)c1CN. The van der Waals surface area contributed by atoms with E-state index < -0.39 is 0 Å². The monoisotopic (exact) mass is 308 g/mol. The van der Waals surface area contributed by atoms with E-state index in [2.05, 4.69) is 36.9 Å². The Morgan fingerprint density at radius 1 is 1.43 bits per heavy atom. The number of ether oxygens (including phenoxy) is 1. The van der Waals surface area contributed by atoms with E-state index in [1.807, 2.05) is 11.8 Å². The zero-order valence-electron chi connectivity index (χ0n) is 13.5. The molecule has 0 aromatic heterocycles. The van der Waals surface area contributed by atoms with Crippen LogP contribution in [0, 0.1) is 5.92 Å². The molecule has 1 aromatic rings. The summed E-state index contributed by atoms with van der Waals surface area (Å²) in [6, 6.07) is 7.13. The Bertz CT molecular complexity index is 448. The van der Waals surface area contributed by atoms with E-state index in [0.29, 0.717) is 12.6 Å². The zero-order valence-corrected chi connectivity index (χ0v) is 14.3. The third kappa shape index (κ3) is 4.15. The fourth-order valence-corrected chi connectivity index (χ4v) is 3.73. The molecule has 1 aliphatic rings. The van der Waals surface area contributed by atoms with Crippen LogP contribution < -0.4 is 10.6 Å². The summed E-state index contributed by atoms with van der Waals surface area (Å²) >= 11 is 1.88. The molecule has 118 valence electrons. The van der Waals surface area contributed by atoms with Gasteiger partial charge in [-0.05, 0) is 43.6 Å². The molecule has 0 saturated heterocycles. The van der Waals surface area contributed by atoms with Crippen LogP contribution in [0.25, 0.3) is 0 Å². The molecule has 4 heteroatoms. The summed E-state index contributed by atoms with van der Waals surface area (Å²) in [7, 11) is 1.77. The fourth-order valence-electron chi connectivity index (χ4n) is 2.89. The molecule has 0 bridgehead atoms. The molecule has 1 fully saturated rings. The Morgan fingerprint density at radius 2 is 2.19 bits per heavy atom. The fraction of sp³-hybridized carbons (Fsp3) is 0.647. The molecule has 21 heavy (non-hydrogen) atoms. The maximum absolute atomic E-state index is 6.07. The van der Waals surface area contributed by atoms with Gasteiger partial charge in [0, 0.05) is 42.4 Å². The van der Waals surface area contributed by atoms with Crippen LogP contribution in [0.4, 0.5) is 5.69 Å². The van der Waals surface area contributed by atoms with Crippen molar-refractivity contribution < 1.29 is 4.74 Å². The van der Waals surface area contributed by atoms with Gasteiger partial charge in [0.25, 0.3) is 0 Å². The number of anilines is 1. The number of hydrogen-bond acceptors (Lipinski definition) is 4. The molecule has 0 heterocycles. The average Bonchev–Trinajstić information content (AvgIpc) is 3.32. The highest BCUT2D eigenvalue weighted by molar-refractivity contribution is 7.99. The molecule has 1 unspecified atom stereocenters. The van der Waals surface area contributed by atoms with E-state index in [1.165, 1.54) is 29.0 Å². The minimum absolute atomic E-state index is 0.562. The van der Waals surface area contributed by atoms with E-state index in [0.717, 1.165) is 24.8 Å².